The summed E-state index contributed by atoms with van der Waals surface area (Å²) in [6.45, 7) is 2.04. The molecule has 0 N–H and O–H groups in total. The van der Waals surface area contributed by atoms with Gasteiger partial charge in [0, 0.05) is 16.8 Å². The Hall–Kier alpha value is -1.05. The first-order chi connectivity index (χ1) is 9.10. The van der Waals surface area contributed by atoms with Crippen LogP contribution in [0.15, 0.2) is 42.5 Å². The number of alkyl halides is 1. The lowest BCUT2D eigenvalue weighted by atomic mass is 9.93. The molecule has 0 aromatic heterocycles. The van der Waals surface area contributed by atoms with Gasteiger partial charge in [0.2, 0.25) is 0 Å². The number of benzene rings is 2. The molecule has 0 heterocycles. The zero-order chi connectivity index (χ0) is 13.8. The highest BCUT2D eigenvalue weighted by molar-refractivity contribution is 6.30. The lowest BCUT2D eigenvalue weighted by Crippen LogP contribution is -2.06. The zero-order valence-corrected chi connectivity index (χ0v) is 12.2. The number of hydrogen-bond acceptors (Lipinski definition) is 0. The van der Waals surface area contributed by atoms with Gasteiger partial charge < -0.3 is 0 Å². The monoisotopic (exact) mass is 296 g/mol. The molecule has 0 fully saturated rings. The summed E-state index contributed by atoms with van der Waals surface area (Å²) in [5, 5.41) is 0.550. The van der Waals surface area contributed by atoms with Crippen LogP contribution in [0.2, 0.25) is 5.02 Å². The maximum atomic E-state index is 13.7. The Morgan fingerprint density at radius 1 is 1.11 bits per heavy atom. The van der Waals surface area contributed by atoms with E-state index < -0.39 is 0 Å². The third-order valence-electron chi connectivity index (χ3n) is 3.21. The van der Waals surface area contributed by atoms with Crippen molar-refractivity contribution < 1.29 is 4.39 Å². The van der Waals surface area contributed by atoms with E-state index >= 15 is 0 Å². The molecule has 0 aliphatic carbocycles. The van der Waals surface area contributed by atoms with Gasteiger partial charge in [-0.05, 0) is 42.7 Å². The van der Waals surface area contributed by atoms with Gasteiger partial charge in [-0.2, -0.15) is 0 Å². The molecule has 0 amide bonds. The summed E-state index contributed by atoms with van der Waals surface area (Å²) >= 11 is 11.9. The molecule has 2 aromatic carbocycles. The predicted molar refractivity (Wildman–Crippen MR) is 79.8 cm³/mol. The summed E-state index contributed by atoms with van der Waals surface area (Å²) in [5.74, 6) is 0.316. The van der Waals surface area contributed by atoms with E-state index in [1.165, 1.54) is 11.6 Å². The molecule has 0 spiro atoms. The van der Waals surface area contributed by atoms with Crippen LogP contribution in [0.25, 0.3) is 0 Å². The predicted octanol–water partition coefficient (Wildman–Crippen LogP) is 5.35. The van der Waals surface area contributed by atoms with Crippen LogP contribution in [0, 0.1) is 12.7 Å². The molecule has 0 radical (unpaired) electrons. The van der Waals surface area contributed by atoms with Crippen molar-refractivity contribution in [2.24, 2.45) is 0 Å². The molecule has 0 nitrogen and oxygen atoms in total. The van der Waals surface area contributed by atoms with Crippen LogP contribution in [0.4, 0.5) is 4.39 Å². The summed E-state index contributed by atoms with van der Waals surface area (Å²) in [4.78, 5) is 0. The van der Waals surface area contributed by atoms with Crippen molar-refractivity contribution in [3.63, 3.8) is 0 Å². The van der Waals surface area contributed by atoms with Crippen LogP contribution < -0.4 is 0 Å². The van der Waals surface area contributed by atoms with E-state index in [4.69, 9.17) is 23.2 Å². The lowest BCUT2D eigenvalue weighted by Gasteiger charge is -2.15. The van der Waals surface area contributed by atoms with Gasteiger partial charge in [0.05, 0.1) is 0 Å². The standard InChI is InChI=1S/C16H15Cl2F/c1-11-2-4-12(5-3-11)14(10-17)8-13-9-15(18)6-7-16(13)19/h2-7,9,14H,8,10H2,1H3. The largest absolute Gasteiger partial charge is 0.207 e. The Labute approximate surface area is 123 Å². The fourth-order valence-corrected chi connectivity index (χ4v) is 2.55. The highest BCUT2D eigenvalue weighted by Crippen LogP contribution is 2.25. The van der Waals surface area contributed by atoms with Gasteiger partial charge in [0.1, 0.15) is 5.82 Å². The van der Waals surface area contributed by atoms with Gasteiger partial charge in [0.15, 0.2) is 0 Å². The molecule has 1 atom stereocenters. The molecule has 19 heavy (non-hydrogen) atoms. The molecule has 0 saturated heterocycles. The lowest BCUT2D eigenvalue weighted by molar-refractivity contribution is 0.598. The van der Waals surface area contributed by atoms with Gasteiger partial charge in [-0.3, -0.25) is 0 Å². The van der Waals surface area contributed by atoms with Crippen LogP contribution in [0.5, 0.6) is 0 Å². The molecule has 0 saturated carbocycles. The van der Waals surface area contributed by atoms with E-state index in [1.54, 1.807) is 12.1 Å². The van der Waals surface area contributed by atoms with E-state index in [9.17, 15) is 4.39 Å². The number of rotatable bonds is 4. The van der Waals surface area contributed by atoms with Crippen molar-refractivity contribution in [3.05, 3.63) is 70.0 Å². The van der Waals surface area contributed by atoms with Crippen LogP contribution in [-0.4, -0.2) is 5.88 Å². The fraction of sp³-hybridized carbons (Fsp3) is 0.250. The van der Waals surface area contributed by atoms with Crippen LogP contribution >= 0.6 is 23.2 Å². The van der Waals surface area contributed by atoms with Gasteiger partial charge >= 0.3 is 0 Å². The fourth-order valence-electron chi connectivity index (χ4n) is 2.07. The maximum absolute atomic E-state index is 13.7. The SMILES string of the molecule is Cc1ccc(C(CCl)Cc2cc(Cl)ccc2F)cc1. The minimum absolute atomic E-state index is 0.0928. The van der Waals surface area contributed by atoms with Crippen molar-refractivity contribution >= 4 is 23.2 Å². The maximum Gasteiger partial charge on any atom is 0.126 e. The third kappa shape index (κ3) is 3.71. The second-order valence-electron chi connectivity index (χ2n) is 4.70. The third-order valence-corrected chi connectivity index (χ3v) is 3.82. The Bertz CT molecular complexity index is 549. The molecule has 2 aromatic rings. The molecule has 100 valence electrons. The molecule has 2 rings (SSSR count). The van der Waals surface area contributed by atoms with Gasteiger partial charge in [-0.15, -0.1) is 11.6 Å². The van der Waals surface area contributed by atoms with E-state index in [-0.39, 0.29) is 11.7 Å². The highest BCUT2D eigenvalue weighted by Gasteiger charge is 2.14. The summed E-state index contributed by atoms with van der Waals surface area (Å²) in [6, 6.07) is 12.8. The van der Waals surface area contributed by atoms with Crippen LogP contribution in [0.3, 0.4) is 0 Å². The minimum Gasteiger partial charge on any atom is -0.207 e. The number of aryl methyl sites for hydroxylation is 1. The Kier molecular flexibility index (Phi) is 4.84. The van der Waals surface area contributed by atoms with E-state index in [0.717, 1.165) is 5.56 Å². The zero-order valence-electron chi connectivity index (χ0n) is 10.7. The van der Waals surface area contributed by atoms with Crippen molar-refractivity contribution in [2.75, 3.05) is 5.88 Å². The molecule has 1 unspecified atom stereocenters. The second-order valence-corrected chi connectivity index (χ2v) is 5.45. The molecule has 0 bridgehead atoms. The van der Waals surface area contributed by atoms with Crippen LogP contribution in [-0.2, 0) is 6.42 Å². The van der Waals surface area contributed by atoms with Gasteiger partial charge in [-0.25, -0.2) is 4.39 Å². The molecular weight excluding hydrogens is 282 g/mol. The first-order valence-electron chi connectivity index (χ1n) is 6.16. The van der Waals surface area contributed by atoms with Crippen molar-refractivity contribution in [1.29, 1.82) is 0 Å². The van der Waals surface area contributed by atoms with E-state index in [0.29, 0.717) is 22.9 Å². The summed E-state index contributed by atoms with van der Waals surface area (Å²) in [7, 11) is 0. The van der Waals surface area contributed by atoms with Crippen LogP contribution in [0.1, 0.15) is 22.6 Å². The normalized spacial score (nSPS) is 12.4. The summed E-state index contributed by atoms with van der Waals surface area (Å²) in [5.41, 5.74) is 2.93. The Morgan fingerprint density at radius 2 is 1.79 bits per heavy atom. The molecule has 0 aliphatic rings. The minimum atomic E-state index is -0.230. The average molecular weight is 297 g/mol. The van der Waals surface area contributed by atoms with Crippen molar-refractivity contribution in [2.45, 2.75) is 19.3 Å². The average Bonchev–Trinajstić information content (AvgIpc) is 2.41. The second kappa shape index (κ2) is 6.40. The van der Waals surface area contributed by atoms with Gasteiger partial charge in [0.25, 0.3) is 0 Å². The quantitative estimate of drug-likeness (QED) is 0.667. The number of hydrogen-bond donors (Lipinski definition) is 0. The molecule has 0 aliphatic heterocycles. The van der Waals surface area contributed by atoms with Crippen molar-refractivity contribution in [3.8, 4) is 0 Å². The highest BCUT2D eigenvalue weighted by atomic mass is 35.5. The van der Waals surface area contributed by atoms with E-state index in [1.807, 2.05) is 31.2 Å². The summed E-state index contributed by atoms with van der Waals surface area (Å²) in [6.07, 6.45) is 0.555. The topological polar surface area (TPSA) is 0 Å². The molecule has 3 heteroatoms. The molecular formula is C16H15Cl2F. The Morgan fingerprint density at radius 3 is 2.42 bits per heavy atom. The smallest absolute Gasteiger partial charge is 0.126 e. The van der Waals surface area contributed by atoms with Gasteiger partial charge in [-0.1, -0.05) is 41.4 Å². The van der Waals surface area contributed by atoms with Crippen molar-refractivity contribution in [1.82, 2.24) is 0 Å². The van der Waals surface area contributed by atoms with E-state index in [2.05, 4.69) is 0 Å². The first kappa shape index (κ1) is 14.4. The summed E-state index contributed by atoms with van der Waals surface area (Å²) < 4.78 is 13.7. The first-order valence-corrected chi connectivity index (χ1v) is 7.08. The Balaban J connectivity index is 2.23. The number of halogens is 3.